The van der Waals surface area contributed by atoms with Gasteiger partial charge in [-0.15, -0.1) is 0 Å². The average molecular weight is 263 g/mol. The summed E-state index contributed by atoms with van der Waals surface area (Å²) in [7, 11) is 8.57. The number of nitrogens with zero attached hydrogens (tertiary/aromatic N) is 2. The van der Waals surface area contributed by atoms with Gasteiger partial charge in [0.1, 0.15) is 0 Å². The normalized spacial score (nSPS) is 18.0. The van der Waals surface area contributed by atoms with Crippen LogP contribution in [0.2, 0.25) is 0 Å². The van der Waals surface area contributed by atoms with Crippen molar-refractivity contribution in [1.29, 1.82) is 0 Å². The molecule has 0 aliphatic heterocycles. The standard InChI is InChI=1S/C9H17N2PSe/c1-10(2)12(13,11(3)4)9-7-5-6-8-9/h5-9H,1-4H3. The summed E-state index contributed by atoms with van der Waals surface area (Å²) in [5.41, 5.74) is 0.539. The van der Waals surface area contributed by atoms with Gasteiger partial charge in [-0.05, 0) is 0 Å². The topological polar surface area (TPSA) is 6.48 Å². The van der Waals surface area contributed by atoms with Crippen molar-refractivity contribution in [2.45, 2.75) is 5.66 Å². The molecular formula is C9H17N2PSe. The van der Waals surface area contributed by atoms with Crippen LogP contribution in [0.1, 0.15) is 0 Å². The van der Waals surface area contributed by atoms with Crippen molar-refractivity contribution >= 4 is 20.9 Å². The summed E-state index contributed by atoms with van der Waals surface area (Å²) in [5.74, 6) is -1.29. The molecule has 0 N–H and O–H groups in total. The van der Waals surface area contributed by atoms with Crippen molar-refractivity contribution in [1.82, 2.24) is 9.34 Å². The van der Waals surface area contributed by atoms with E-state index in [9.17, 15) is 0 Å². The quantitative estimate of drug-likeness (QED) is 0.563. The van der Waals surface area contributed by atoms with E-state index in [0.717, 1.165) is 0 Å². The van der Waals surface area contributed by atoms with Crippen molar-refractivity contribution in [2.24, 2.45) is 0 Å². The monoisotopic (exact) mass is 264 g/mol. The van der Waals surface area contributed by atoms with Crippen LogP contribution in [-0.4, -0.2) is 58.3 Å². The van der Waals surface area contributed by atoms with Crippen LogP contribution in [0.3, 0.4) is 0 Å². The third kappa shape index (κ3) is 2.06. The Bertz CT molecular complexity index is 257. The van der Waals surface area contributed by atoms with Gasteiger partial charge in [0.15, 0.2) is 0 Å². The van der Waals surface area contributed by atoms with Crippen LogP contribution in [0.5, 0.6) is 0 Å². The molecule has 0 radical (unpaired) electrons. The zero-order valence-corrected chi connectivity index (χ0v) is 11.2. The van der Waals surface area contributed by atoms with E-state index in [-0.39, 0.29) is 0 Å². The Labute approximate surface area is 88.6 Å². The second-order valence-corrected chi connectivity index (χ2v) is 10.3. The van der Waals surface area contributed by atoms with Gasteiger partial charge >= 0.3 is 88.4 Å². The summed E-state index contributed by atoms with van der Waals surface area (Å²) >= 11 is 3.39. The molecule has 0 atom stereocenters. The molecule has 0 unspecified atom stereocenters. The second-order valence-electron chi connectivity index (χ2n) is 3.54. The maximum absolute atomic E-state index is 3.39. The summed E-state index contributed by atoms with van der Waals surface area (Å²) in [5, 5.41) is 0. The molecule has 13 heavy (non-hydrogen) atoms. The summed E-state index contributed by atoms with van der Waals surface area (Å²) in [4.78, 5) is 0. The molecule has 0 amide bonds. The Hall–Kier alpha value is 0.349. The first kappa shape index (κ1) is 11.4. The molecule has 0 aromatic carbocycles. The number of hydrogen-bond donors (Lipinski definition) is 0. The van der Waals surface area contributed by atoms with Crippen molar-refractivity contribution < 1.29 is 0 Å². The SMILES string of the molecule is CN(C)P(=[Se])(C1C=CC=C1)N(C)C. The first-order chi connectivity index (χ1) is 5.99. The minimum atomic E-state index is -1.29. The molecular weight excluding hydrogens is 246 g/mol. The molecule has 4 heteroatoms. The molecule has 1 aliphatic rings. The Kier molecular flexibility index (Phi) is 3.73. The molecule has 0 aromatic rings. The number of hydrogen-bond acceptors (Lipinski definition) is 2. The van der Waals surface area contributed by atoms with Gasteiger partial charge in [-0.2, -0.15) is 0 Å². The van der Waals surface area contributed by atoms with Gasteiger partial charge in [-0.3, -0.25) is 0 Å². The Balaban J connectivity index is 2.98. The van der Waals surface area contributed by atoms with Crippen LogP contribution < -0.4 is 0 Å². The van der Waals surface area contributed by atoms with Gasteiger partial charge in [-0.1, -0.05) is 0 Å². The first-order valence-corrected chi connectivity index (χ1v) is 8.28. The first-order valence-electron chi connectivity index (χ1n) is 4.30. The molecule has 0 fully saturated rings. The minimum absolute atomic E-state index is 0.539. The van der Waals surface area contributed by atoms with Crippen molar-refractivity contribution in [2.75, 3.05) is 28.2 Å². The van der Waals surface area contributed by atoms with Gasteiger partial charge in [-0.25, -0.2) is 0 Å². The van der Waals surface area contributed by atoms with Crippen LogP contribution in [0, 0.1) is 0 Å². The third-order valence-corrected chi connectivity index (χ3v) is 11.3. The van der Waals surface area contributed by atoms with Gasteiger partial charge < -0.3 is 0 Å². The molecule has 0 saturated carbocycles. The molecule has 0 bridgehead atoms. The maximum atomic E-state index is 3.39. The van der Waals surface area contributed by atoms with E-state index in [1.165, 1.54) is 0 Å². The van der Waals surface area contributed by atoms with E-state index in [1.807, 2.05) is 0 Å². The number of rotatable bonds is 3. The van der Waals surface area contributed by atoms with Gasteiger partial charge in [0.05, 0.1) is 0 Å². The fourth-order valence-electron chi connectivity index (χ4n) is 1.54. The fourth-order valence-corrected chi connectivity index (χ4v) is 4.85. The molecule has 1 aliphatic carbocycles. The van der Waals surface area contributed by atoms with E-state index >= 15 is 0 Å². The Morgan fingerprint density at radius 1 is 1.00 bits per heavy atom. The molecule has 0 spiro atoms. The molecule has 0 saturated heterocycles. The van der Waals surface area contributed by atoms with E-state index < -0.39 is 5.81 Å². The van der Waals surface area contributed by atoms with E-state index in [2.05, 4.69) is 76.9 Å². The van der Waals surface area contributed by atoms with Crippen molar-refractivity contribution in [3.05, 3.63) is 24.3 Å². The van der Waals surface area contributed by atoms with Crippen LogP contribution >= 0.6 is 5.81 Å². The second kappa shape index (κ2) is 4.25. The fraction of sp³-hybridized carbons (Fsp3) is 0.556. The van der Waals surface area contributed by atoms with Crippen molar-refractivity contribution in [3.63, 3.8) is 0 Å². The van der Waals surface area contributed by atoms with Crippen LogP contribution in [0.25, 0.3) is 0 Å². The predicted octanol–water partition coefficient (Wildman–Crippen LogP) is 1.54. The molecule has 74 valence electrons. The van der Waals surface area contributed by atoms with Crippen molar-refractivity contribution in [3.8, 4) is 0 Å². The van der Waals surface area contributed by atoms with Gasteiger partial charge in [0.2, 0.25) is 0 Å². The number of allylic oxidation sites excluding steroid dienone is 4. The van der Waals surface area contributed by atoms with E-state index in [1.54, 1.807) is 0 Å². The molecule has 0 heterocycles. The Morgan fingerprint density at radius 3 is 1.69 bits per heavy atom. The zero-order chi connectivity index (χ0) is 10.1. The third-order valence-electron chi connectivity index (χ3n) is 2.26. The summed E-state index contributed by atoms with van der Waals surface area (Å²) in [6.07, 6.45) is 8.79. The van der Waals surface area contributed by atoms with Crippen LogP contribution in [0.15, 0.2) is 24.3 Å². The summed E-state index contributed by atoms with van der Waals surface area (Å²) < 4.78 is 4.63. The summed E-state index contributed by atoms with van der Waals surface area (Å²) in [6, 6.07) is 0. The van der Waals surface area contributed by atoms with Gasteiger partial charge in [0, 0.05) is 0 Å². The molecule has 1 rings (SSSR count). The van der Waals surface area contributed by atoms with Crippen LogP contribution in [0.4, 0.5) is 0 Å². The van der Waals surface area contributed by atoms with Crippen LogP contribution in [-0.2, 0) is 0 Å². The van der Waals surface area contributed by atoms with E-state index in [4.69, 9.17) is 0 Å². The Morgan fingerprint density at radius 2 is 1.38 bits per heavy atom. The van der Waals surface area contributed by atoms with E-state index in [0.29, 0.717) is 5.66 Å². The zero-order valence-electron chi connectivity index (χ0n) is 8.64. The summed E-state index contributed by atoms with van der Waals surface area (Å²) in [6.45, 7) is 0. The average Bonchev–Trinajstić information content (AvgIpc) is 2.54. The van der Waals surface area contributed by atoms with Gasteiger partial charge in [0.25, 0.3) is 0 Å². The predicted molar refractivity (Wildman–Crippen MR) is 62.1 cm³/mol. The molecule has 2 nitrogen and oxygen atoms in total. The molecule has 0 aromatic heterocycles.